The van der Waals surface area contributed by atoms with Crippen LogP contribution in [0.1, 0.15) is 72.8 Å². The number of hydrogen-bond acceptors (Lipinski definition) is 3. The van der Waals surface area contributed by atoms with E-state index in [1.165, 1.54) is 48.1 Å². The highest BCUT2D eigenvalue weighted by molar-refractivity contribution is 6.64. The smallest absolute Gasteiger partial charge is 0.399 e. The van der Waals surface area contributed by atoms with Crippen molar-refractivity contribution in [1.29, 1.82) is 0 Å². The Morgan fingerprint density at radius 3 is 2.10 bits per heavy atom. The van der Waals surface area contributed by atoms with E-state index in [1.54, 1.807) is 0 Å². The van der Waals surface area contributed by atoms with Crippen LogP contribution in [0.2, 0.25) is 0 Å². The predicted octanol–water partition coefficient (Wildman–Crippen LogP) is 5.67. The first-order valence-corrected chi connectivity index (χ1v) is 11.4. The van der Waals surface area contributed by atoms with Gasteiger partial charge in [-0.05, 0) is 70.2 Å². The second-order valence-electron chi connectivity index (χ2n) is 10.9. The van der Waals surface area contributed by atoms with Crippen LogP contribution in [0, 0.1) is 0 Å². The van der Waals surface area contributed by atoms with E-state index < -0.39 is 0 Å². The summed E-state index contributed by atoms with van der Waals surface area (Å²) in [7, 11) is -0.368. The predicted molar refractivity (Wildman–Crippen MR) is 125 cm³/mol. The van der Waals surface area contributed by atoms with Gasteiger partial charge in [-0.3, -0.25) is 0 Å². The first-order chi connectivity index (χ1) is 14.1. The van der Waals surface area contributed by atoms with Gasteiger partial charge in [0.25, 0.3) is 0 Å². The van der Waals surface area contributed by atoms with E-state index in [0.717, 1.165) is 5.46 Å². The highest BCUT2D eigenvalue weighted by Gasteiger charge is 2.57. The van der Waals surface area contributed by atoms with Gasteiger partial charge in [-0.1, -0.05) is 56.2 Å². The standard InChI is InChI=1S/C26H34BNO2/c1-23(2)24(3,4)30-27(29-23)21-17-19(18-12-8-7-9-13-18)16-20-22(21)28-26(6)15-11-10-14-25(20,26)5/h7-9,12-13,16-17,28H,10-11,14-15H2,1-6H3. The fourth-order valence-corrected chi connectivity index (χ4v) is 5.61. The molecule has 4 heteroatoms. The third-order valence-electron chi connectivity index (χ3n) is 8.60. The van der Waals surface area contributed by atoms with Crippen LogP contribution < -0.4 is 10.8 Å². The van der Waals surface area contributed by atoms with Crippen molar-refractivity contribution in [1.82, 2.24) is 0 Å². The summed E-state index contributed by atoms with van der Waals surface area (Å²) in [6, 6.07) is 15.4. The molecule has 2 aromatic carbocycles. The third-order valence-corrected chi connectivity index (χ3v) is 8.60. The van der Waals surface area contributed by atoms with Crippen molar-refractivity contribution in [2.45, 2.75) is 89.4 Å². The van der Waals surface area contributed by atoms with Gasteiger partial charge in [-0.15, -0.1) is 0 Å². The van der Waals surface area contributed by atoms with Crippen molar-refractivity contribution >= 4 is 18.3 Å². The molecular weight excluding hydrogens is 369 g/mol. The summed E-state index contributed by atoms with van der Waals surface area (Å²) in [5, 5.41) is 3.97. The lowest BCUT2D eigenvalue weighted by molar-refractivity contribution is 0.00578. The zero-order chi connectivity index (χ0) is 21.4. The number of anilines is 1. The van der Waals surface area contributed by atoms with Crippen molar-refractivity contribution in [3.05, 3.63) is 48.0 Å². The molecule has 30 heavy (non-hydrogen) atoms. The molecule has 1 N–H and O–H groups in total. The molecule has 1 saturated heterocycles. The van der Waals surface area contributed by atoms with E-state index in [0.29, 0.717) is 0 Å². The van der Waals surface area contributed by atoms with E-state index in [9.17, 15) is 0 Å². The lowest BCUT2D eigenvalue weighted by Crippen LogP contribution is -2.50. The average molecular weight is 403 g/mol. The minimum absolute atomic E-state index is 0.0707. The van der Waals surface area contributed by atoms with Gasteiger partial charge in [-0.2, -0.15) is 0 Å². The first-order valence-electron chi connectivity index (χ1n) is 11.4. The van der Waals surface area contributed by atoms with Crippen LogP contribution in [0.4, 0.5) is 5.69 Å². The van der Waals surface area contributed by atoms with E-state index in [1.807, 2.05) is 0 Å². The fraction of sp³-hybridized carbons (Fsp3) is 0.538. The van der Waals surface area contributed by atoms with E-state index in [-0.39, 0.29) is 29.3 Å². The van der Waals surface area contributed by atoms with Crippen molar-refractivity contribution < 1.29 is 9.31 Å². The molecule has 0 aromatic heterocycles. The van der Waals surface area contributed by atoms with Gasteiger partial charge < -0.3 is 14.6 Å². The molecule has 0 spiro atoms. The van der Waals surface area contributed by atoms with Crippen molar-refractivity contribution in [2.24, 2.45) is 0 Å². The molecule has 0 radical (unpaired) electrons. The zero-order valence-corrected chi connectivity index (χ0v) is 19.3. The topological polar surface area (TPSA) is 30.5 Å². The maximum Gasteiger partial charge on any atom is 0.496 e. The van der Waals surface area contributed by atoms with Gasteiger partial charge in [-0.25, -0.2) is 0 Å². The molecule has 158 valence electrons. The number of benzene rings is 2. The minimum Gasteiger partial charge on any atom is -0.399 e. The van der Waals surface area contributed by atoms with Crippen molar-refractivity contribution in [3.63, 3.8) is 0 Å². The van der Waals surface area contributed by atoms with Crippen LogP contribution in [0.5, 0.6) is 0 Å². The van der Waals surface area contributed by atoms with Crippen molar-refractivity contribution in [3.8, 4) is 11.1 Å². The van der Waals surface area contributed by atoms with Gasteiger partial charge >= 0.3 is 7.12 Å². The Kier molecular flexibility index (Phi) is 4.28. The summed E-state index contributed by atoms with van der Waals surface area (Å²) in [5.41, 5.74) is 5.77. The second-order valence-corrected chi connectivity index (χ2v) is 10.9. The Balaban J connectivity index is 1.70. The van der Waals surface area contributed by atoms with Crippen LogP contribution in [-0.2, 0) is 14.7 Å². The van der Waals surface area contributed by atoms with Gasteiger partial charge in [0, 0.05) is 22.1 Å². The molecule has 2 unspecified atom stereocenters. The monoisotopic (exact) mass is 403 g/mol. The molecule has 2 aliphatic heterocycles. The number of hydrogen-bond donors (Lipinski definition) is 1. The lowest BCUT2D eigenvalue weighted by atomic mass is 9.61. The Morgan fingerprint density at radius 1 is 0.800 bits per heavy atom. The van der Waals surface area contributed by atoms with Crippen LogP contribution in [0.25, 0.3) is 11.1 Å². The van der Waals surface area contributed by atoms with Crippen molar-refractivity contribution in [2.75, 3.05) is 5.32 Å². The molecule has 1 saturated carbocycles. The lowest BCUT2D eigenvalue weighted by Gasteiger charge is -2.45. The maximum atomic E-state index is 6.52. The van der Waals surface area contributed by atoms with Crippen LogP contribution >= 0.6 is 0 Å². The quantitative estimate of drug-likeness (QED) is 0.656. The summed E-state index contributed by atoms with van der Waals surface area (Å²) in [6.07, 6.45) is 4.98. The molecule has 2 atom stereocenters. The highest BCUT2D eigenvalue weighted by atomic mass is 16.7. The van der Waals surface area contributed by atoms with Crippen LogP contribution in [0.15, 0.2) is 42.5 Å². The van der Waals surface area contributed by atoms with E-state index >= 15 is 0 Å². The summed E-state index contributed by atoms with van der Waals surface area (Å²) in [6.45, 7) is 13.4. The minimum atomic E-state index is -0.368. The molecule has 2 heterocycles. The number of rotatable bonds is 2. The normalized spacial score (nSPS) is 31.2. The summed E-state index contributed by atoms with van der Waals surface area (Å²) < 4.78 is 13.0. The van der Waals surface area contributed by atoms with Crippen LogP contribution in [-0.4, -0.2) is 23.9 Å². The maximum absolute atomic E-state index is 6.52. The van der Waals surface area contributed by atoms with E-state index in [4.69, 9.17) is 9.31 Å². The summed E-state index contributed by atoms with van der Waals surface area (Å²) in [4.78, 5) is 0. The SMILES string of the molecule is CC12CCCCC1(C)c1cc(-c3ccccc3)cc(B3OC(C)(C)C(C)(C)O3)c1N2. The molecule has 0 amide bonds. The Bertz CT molecular complexity index is 970. The Morgan fingerprint density at radius 2 is 1.43 bits per heavy atom. The molecule has 2 fully saturated rings. The number of fused-ring (bicyclic) bond motifs is 3. The van der Waals surface area contributed by atoms with Gasteiger partial charge in [0.1, 0.15) is 0 Å². The largest absolute Gasteiger partial charge is 0.496 e. The molecule has 0 bridgehead atoms. The Labute approximate surface area is 181 Å². The molecule has 3 nitrogen and oxygen atoms in total. The second kappa shape index (κ2) is 6.37. The van der Waals surface area contributed by atoms with Gasteiger partial charge in [0.05, 0.1) is 11.2 Å². The van der Waals surface area contributed by atoms with E-state index in [2.05, 4.69) is 89.3 Å². The molecular formula is C26H34BNO2. The van der Waals surface area contributed by atoms with Gasteiger partial charge in [0.2, 0.25) is 0 Å². The highest BCUT2D eigenvalue weighted by Crippen LogP contribution is 2.55. The molecule has 1 aliphatic carbocycles. The third kappa shape index (κ3) is 2.73. The average Bonchev–Trinajstić information content (AvgIpc) is 3.07. The zero-order valence-electron chi connectivity index (χ0n) is 19.3. The number of nitrogens with one attached hydrogen (secondary N) is 1. The van der Waals surface area contributed by atoms with Crippen LogP contribution in [0.3, 0.4) is 0 Å². The molecule has 5 rings (SSSR count). The summed E-state index contributed by atoms with van der Waals surface area (Å²) in [5.74, 6) is 0. The molecule has 3 aliphatic rings. The molecule has 2 aromatic rings. The van der Waals surface area contributed by atoms with Gasteiger partial charge in [0.15, 0.2) is 0 Å². The Hall–Kier alpha value is -1.78. The summed E-state index contributed by atoms with van der Waals surface area (Å²) >= 11 is 0. The first kappa shape index (κ1) is 20.1. The fourth-order valence-electron chi connectivity index (χ4n) is 5.61.